The quantitative estimate of drug-likeness (QED) is 0.482. The summed E-state index contributed by atoms with van der Waals surface area (Å²) in [6.07, 6.45) is 0. The fourth-order valence-corrected chi connectivity index (χ4v) is 3.37. The predicted molar refractivity (Wildman–Crippen MR) is 67.1 cm³/mol. The Balaban J connectivity index is 2.48. The van der Waals surface area contributed by atoms with Crippen molar-refractivity contribution in [1.29, 1.82) is 0 Å². The highest BCUT2D eigenvalue weighted by atomic mass is 32.2. The van der Waals surface area contributed by atoms with Crippen molar-refractivity contribution < 1.29 is 18.1 Å². The number of nitro benzene ring substituents is 1. The highest BCUT2D eigenvalue weighted by molar-refractivity contribution is 7.89. The Labute approximate surface area is 110 Å². The van der Waals surface area contributed by atoms with Crippen LogP contribution in [0.5, 0.6) is 0 Å². The molecule has 0 atom stereocenters. The van der Waals surface area contributed by atoms with Crippen LogP contribution in [0.3, 0.4) is 0 Å². The molecule has 0 amide bonds. The summed E-state index contributed by atoms with van der Waals surface area (Å²) in [5.74, 6) is 0. The smallest absolute Gasteiger partial charge is 0.291 e. The molecule has 1 aliphatic heterocycles. The molecule has 104 valence electrons. The van der Waals surface area contributed by atoms with Crippen molar-refractivity contribution in [2.75, 3.05) is 32.0 Å². The van der Waals surface area contributed by atoms with E-state index in [9.17, 15) is 18.5 Å². The second-order valence-electron chi connectivity index (χ2n) is 4.00. The van der Waals surface area contributed by atoms with E-state index in [0.717, 1.165) is 12.1 Å². The van der Waals surface area contributed by atoms with Gasteiger partial charge in [-0.3, -0.25) is 10.1 Å². The molecule has 1 heterocycles. The Kier molecular flexibility index (Phi) is 3.69. The first kappa shape index (κ1) is 13.7. The van der Waals surface area contributed by atoms with Gasteiger partial charge >= 0.3 is 0 Å². The van der Waals surface area contributed by atoms with Crippen LogP contribution < -0.4 is 5.73 Å². The lowest BCUT2D eigenvalue weighted by molar-refractivity contribution is -0.387. The summed E-state index contributed by atoms with van der Waals surface area (Å²) < 4.78 is 30.9. The molecule has 1 aromatic carbocycles. The molecule has 0 unspecified atom stereocenters. The third-order valence-electron chi connectivity index (χ3n) is 2.77. The maximum Gasteiger partial charge on any atom is 0.291 e. The van der Waals surface area contributed by atoms with Crippen molar-refractivity contribution in [1.82, 2.24) is 4.31 Å². The largest absolute Gasteiger partial charge is 0.399 e. The summed E-state index contributed by atoms with van der Waals surface area (Å²) in [4.78, 5) is 9.86. The van der Waals surface area contributed by atoms with Crippen LogP contribution in [0.25, 0.3) is 0 Å². The second-order valence-corrected chi connectivity index (χ2v) is 5.91. The first-order valence-electron chi connectivity index (χ1n) is 5.55. The third kappa shape index (κ3) is 2.67. The standard InChI is InChI=1S/C10H13N3O5S/c11-8-1-2-10(9(7-8)13(14)15)19(16,17)12-3-5-18-6-4-12/h1-2,7H,3-6,11H2. The first-order valence-corrected chi connectivity index (χ1v) is 6.99. The van der Waals surface area contributed by atoms with Gasteiger partial charge in [0.15, 0.2) is 4.90 Å². The molecule has 1 saturated heterocycles. The molecule has 0 saturated carbocycles. The van der Waals surface area contributed by atoms with Crippen LogP contribution in [0.4, 0.5) is 11.4 Å². The number of nitrogens with zero attached hydrogens (tertiary/aromatic N) is 2. The number of nitro groups is 1. The number of hydrogen-bond acceptors (Lipinski definition) is 6. The number of ether oxygens (including phenoxy) is 1. The highest BCUT2D eigenvalue weighted by Gasteiger charge is 2.32. The summed E-state index contributed by atoms with van der Waals surface area (Å²) in [6.45, 7) is 0.928. The molecule has 8 nitrogen and oxygen atoms in total. The number of hydrogen-bond donors (Lipinski definition) is 1. The highest BCUT2D eigenvalue weighted by Crippen LogP contribution is 2.28. The van der Waals surface area contributed by atoms with Gasteiger partial charge < -0.3 is 10.5 Å². The van der Waals surface area contributed by atoms with E-state index in [1.807, 2.05) is 0 Å². The van der Waals surface area contributed by atoms with Crippen LogP contribution in [-0.2, 0) is 14.8 Å². The SMILES string of the molecule is Nc1ccc(S(=O)(=O)N2CCOCC2)c([N+](=O)[O-])c1. The summed E-state index contributed by atoms with van der Waals surface area (Å²) in [6, 6.07) is 3.55. The number of benzene rings is 1. The lowest BCUT2D eigenvalue weighted by Gasteiger charge is -2.25. The number of morpholine rings is 1. The number of rotatable bonds is 3. The molecule has 1 aliphatic rings. The summed E-state index contributed by atoms with van der Waals surface area (Å²) >= 11 is 0. The fourth-order valence-electron chi connectivity index (χ4n) is 1.82. The van der Waals surface area contributed by atoms with Gasteiger partial charge in [-0.1, -0.05) is 0 Å². The van der Waals surface area contributed by atoms with Crippen LogP contribution >= 0.6 is 0 Å². The Bertz CT molecular complexity index is 595. The number of anilines is 1. The van der Waals surface area contributed by atoms with Gasteiger partial charge in [0, 0.05) is 24.8 Å². The van der Waals surface area contributed by atoms with Crippen molar-refractivity contribution in [3.8, 4) is 0 Å². The topological polar surface area (TPSA) is 116 Å². The zero-order chi connectivity index (χ0) is 14.0. The molecule has 0 aromatic heterocycles. The van der Waals surface area contributed by atoms with Gasteiger partial charge in [0.25, 0.3) is 5.69 Å². The van der Waals surface area contributed by atoms with E-state index in [2.05, 4.69) is 0 Å². The lowest BCUT2D eigenvalue weighted by Crippen LogP contribution is -2.40. The molecule has 0 radical (unpaired) electrons. The normalized spacial score (nSPS) is 17.3. The third-order valence-corrected chi connectivity index (χ3v) is 4.71. The molecule has 0 bridgehead atoms. The Morgan fingerprint density at radius 3 is 2.53 bits per heavy atom. The van der Waals surface area contributed by atoms with E-state index in [1.54, 1.807) is 0 Å². The summed E-state index contributed by atoms with van der Waals surface area (Å²) in [7, 11) is -3.90. The predicted octanol–water partition coefficient (Wildman–Crippen LogP) is 0.198. The van der Waals surface area contributed by atoms with Crippen molar-refractivity contribution in [3.63, 3.8) is 0 Å². The molecular formula is C10H13N3O5S. The van der Waals surface area contributed by atoms with E-state index in [1.165, 1.54) is 10.4 Å². The van der Waals surface area contributed by atoms with E-state index >= 15 is 0 Å². The second kappa shape index (κ2) is 5.11. The van der Waals surface area contributed by atoms with Gasteiger partial charge in [-0.05, 0) is 12.1 Å². The van der Waals surface area contributed by atoms with Crippen LogP contribution in [0, 0.1) is 10.1 Å². The average Bonchev–Trinajstić information content (AvgIpc) is 2.39. The van der Waals surface area contributed by atoms with Gasteiger partial charge in [0.05, 0.1) is 18.1 Å². The van der Waals surface area contributed by atoms with Crippen molar-refractivity contribution in [2.24, 2.45) is 0 Å². The minimum atomic E-state index is -3.90. The minimum Gasteiger partial charge on any atom is -0.399 e. The van der Waals surface area contributed by atoms with Gasteiger partial charge in [-0.15, -0.1) is 0 Å². The Morgan fingerprint density at radius 1 is 1.32 bits per heavy atom. The molecule has 0 aliphatic carbocycles. The Morgan fingerprint density at radius 2 is 1.95 bits per heavy atom. The molecule has 19 heavy (non-hydrogen) atoms. The number of sulfonamides is 1. The fraction of sp³-hybridized carbons (Fsp3) is 0.400. The number of nitrogens with two attached hydrogens (primary N) is 1. The minimum absolute atomic E-state index is 0.146. The average molecular weight is 287 g/mol. The molecule has 1 fully saturated rings. The van der Waals surface area contributed by atoms with Gasteiger partial charge in [-0.2, -0.15) is 4.31 Å². The molecule has 0 spiro atoms. The maximum atomic E-state index is 12.3. The van der Waals surface area contributed by atoms with E-state index in [-0.39, 0.29) is 36.9 Å². The van der Waals surface area contributed by atoms with Crippen LogP contribution in [0.15, 0.2) is 23.1 Å². The van der Waals surface area contributed by atoms with Crippen molar-refractivity contribution in [2.45, 2.75) is 4.90 Å². The van der Waals surface area contributed by atoms with Crippen LogP contribution in [0.1, 0.15) is 0 Å². The first-order chi connectivity index (χ1) is 8.93. The zero-order valence-corrected chi connectivity index (χ0v) is 10.8. The van der Waals surface area contributed by atoms with E-state index in [4.69, 9.17) is 10.5 Å². The molecular weight excluding hydrogens is 274 g/mol. The van der Waals surface area contributed by atoms with E-state index < -0.39 is 20.6 Å². The van der Waals surface area contributed by atoms with Gasteiger partial charge in [0.1, 0.15) is 0 Å². The lowest BCUT2D eigenvalue weighted by atomic mass is 10.3. The van der Waals surface area contributed by atoms with E-state index in [0.29, 0.717) is 0 Å². The number of nitrogen functional groups attached to an aromatic ring is 1. The zero-order valence-electron chi connectivity index (χ0n) is 9.98. The molecule has 9 heteroatoms. The molecule has 2 N–H and O–H groups in total. The molecule has 2 rings (SSSR count). The maximum absolute atomic E-state index is 12.3. The van der Waals surface area contributed by atoms with Crippen molar-refractivity contribution >= 4 is 21.4 Å². The van der Waals surface area contributed by atoms with Gasteiger partial charge in [0.2, 0.25) is 10.0 Å². The summed E-state index contributed by atoms with van der Waals surface area (Å²) in [5.41, 5.74) is 5.09. The summed E-state index contributed by atoms with van der Waals surface area (Å²) in [5, 5.41) is 10.9. The van der Waals surface area contributed by atoms with Gasteiger partial charge in [-0.25, -0.2) is 8.42 Å². The monoisotopic (exact) mass is 287 g/mol. The Hall–Kier alpha value is -1.71. The van der Waals surface area contributed by atoms with Crippen LogP contribution in [0.2, 0.25) is 0 Å². The van der Waals surface area contributed by atoms with Crippen molar-refractivity contribution in [3.05, 3.63) is 28.3 Å². The van der Waals surface area contributed by atoms with Crippen LogP contribution in [-0.4, -0.2) is 43.9 Å². The molecule has 1 aromatic rings.